The molecule has 8 N–H and O–H groups in total. The first kappa shape index (κ1) is 47.2. The summed E-state index contributed by atoms with van der Waals surface area (Å²) in [5.74, 6) is -3.48. The van der Waals surface area contributed by atoms with Gasteiger partial charge in [-0.1, -0.05) is 19.4 Å². The molecule has 5 heterocycles. The lowest BCUT2D eigenvalue weighted by atomic mass is 9.77. The fourth-order valence-corrected chi connectivity index (χ4v) is 10.3. The number of carbonyl (C=O) groups is 1. The molecule has 1 aromatic heterocycles. The second kappa shape index (κ2) is 18.2. The Kier molecular flexibility index (Phi) is 12.9. The molecule has 20 heteroatoms. The average Bonchev–Trinajstić information content (AvgIpc) is 3.27. The van der Waals surface area contributed by atoms with E-state index < -0.39 is 132 Å². The minimum Gasteiger partial charge on any atom is -0.506 e. The third-order valence-electron chi connectivity index (χ3n) is 13.6. The van der Waals surface area contributed by atoms with Gasteiger partial charge in [0.05, 0.1) is 43.7 Å². The molecule has 1 aliphatic carbocycles. The van der Waals surface area contributed by atoms with E-state index in [-0.39, 0.29) is 76.2 Å². The van der Waals surface area contributed by atoms with Crippen molar-refractivity contribution in [3.8, 4) is 39.9 Å². The van der Waals surface area contributed by atoms with E-state index >= 15 is 0 Å². The number of aliphatic hydroxyl groups is 5. The van der Waals surface area contributed by atoms with Gasteiger partial charge in [-0.15, -0.1) is 0 Å². The summed E-state index contributed by atoms with van der Waals surface area (Å²) in [5.41, 5.74) is -2.11. The maximum absolute atomic E-state index is 14.5. The molecule has 3 aromatic carbocycles. The number of fused-ring (bicyclic) bond motifs is 6. The smallest absolute Gasteiger partial charge is 0.342 e. The zero-order valence-electron chi connectivity index (χ0n) is 37.6. The molecule has 3 fully saturated rings. The number of ether oxygens (including phenoxy) is 9. The Hall–Kier alpha value is -4.84. The van der Waals surface area contributed by atoms with E-state index in [0.717, 1.165) is 6.42 Å². The van der Waals surface area contributed by atoms with Crippen molar-refractivity contribution in [1.29, 1.82) is 0 Å². The fraction of sp³-hybridized carbons (Fsp3) is 0.574. The van der Waals surface area contributed by atoms with Crippen LogP contribution in [-0.4, -0.2) is 141 Å². The van der Waals surface area contributed by atoms with Gasteiger partial charge in [-0.05, 0) is 50.5 Å². The maximum Gasteiger partial charge on any atom is 0.342 e. The Labute approximate surface area is 383 Å². The monoisotopic (exact) mass is 940 g/mol. The number of esters is 1. The molecule has 15 atom stereocenters. The number of hydrogen-bond donors (Lipinski definition) is 8. The first-order valence-electron chi connectivity index (χ1n) is 22.5. The topological polar surface area (TPSA) is 292 Å². The van der Waals surface area contributed by atoms with Crippen molar-refractivity contribution in [3.63, 3.8) is 0 Å². The van der Waals surface area contributed by atoms with Crippen LogP contribution in [0.5, 0.6) is 28.7 Å². The van der Waals surface area contributed by atoms with Crippen LogP contribution in [0.15, 0.2) is 27.4 Å². The number of rotatable bonds is 10. The zero-order chi connectivity index (χ0) is 47.9. The Morgan fingerprint density at radius 2 is 1.37 bits per heavy atom. The molecule has 0 amide bonds. The van der Waals surface area contributed by atoms with Crippen LogP contribution in [-0.2, 0) is 39.6 Å². The SMILES string of the molecule is CCC[C@@H]1Cc2cc3c(c(O)c2C(=O)O1)-c1c(c(OC)c2oc4ccc(O[C@H]5C[C@@H](O)[C@H](O[C@H]6C[C@@H](O)[C@H](O[C@H]7C[C@@H](OC)[C@H](O)[C@@H](C)O7)[C@@H](C)O6)[C@@H](C)O5)c(O)c4c(=O)c2c1O)[C@@H](O)[C@H]3O. The van der Waals surface area contributed by atoms with E-state index in [0.29, 0.717) is 12.0 Å². The number of phenols is 3. The minimum absolute atomic E-state index is 0.0116. The molecule has 9 rings (SSSR count). The second-order valence-electron chi connectivity index (χ2n) is 18.0. The van der Waals surface area contributed by atoms with E-state index in [1.807, 2.05) is 6.92 Å². The van der Waals surface area contributed by atoms with E-state index in [2.05, 4.69) is 0 Å². The molecular weight excluding hydrogens is 884 g/mol. The summed E-state index contributed by atoms with van der Waals surface area (Å²) in [6.45, 7) is 6.97. The first-order valence-corrected chi connectivity index (χ1v) is 22.5. The summed E-state index contributed by atoms with van der Waals surface area (Å²) in [6.07, 6.45) is -12.6. The van der Waals surface area contributed by atoms with Crippen LogP contribution in [0.2, 0.25) is 0 Å². The number of carbonyl (C=O) groups excluding carboxylic acids is 1. The van der Waals surface area contributed by atoms with Gasteiger partial charge in [-0.2, -0.15) is 0 Å². The molecule has 0 unspecified atom stereocenters. The van der Waals surface area contributed by atoms with Crippen LogP contribution < -0.4 is 14.9 Å². The van der Waals surface area contributed by atoms with E-state index in [4.69, 9.17) is 47.0 Å². The van der Waals surface area contributed by atoms with Gasteiger partial charge in [0.1, 0.15) is 70.0 Å². The number of cyclic esters (lactones) is 1. The predicted octanol–water partition coefficient (Wildman–Crippen LogP) is 3.35. The fourth-order valence-electron chi connectivity index (χ4n) is 10.3. The van der Waals surface area contributed by atoms with Crippen molar-refractivity contribution >= 4 is 27.9 Å². The highest BCUT2D eigenvalue weighted by Gasteiger charge is 2.47. The summed E-state index contributed by atoms with van der Waals surface area (Å²) in [5, 5.41) is 90.2. The van der Waals surface area contributed by atoms with Gasteiger partial charge >= 0.3 is 5.97 Å². The van der Waals surface area contributed by atoms with E-state index in [1.165, 1.54) is 32.4 Å². The Balaban J connectivity index is 0.960. The number of phenolic OH excluding ortho intramolecular Hbond substituents is 3. The molecule has 4 aliphatic heterocycles. The summed E-state index contributed by atoms with van der Waals surface area (Å²) in [6, 6.07) is 4.09. The third-order valence-corrected chi connectivity index (χ3v) is 13.6. The van der Waals surface area contributed by atoms with Gasteiger partial charge in [0.15, 0.2) is 35.4 Å². The van der Waals surface area contributed by atoms with Crippen LogP contribution in [0.1, 0.15) is 99.1 Å². The van der Waals surface area contributed by atoms with Gasteiger partial charge < -0.3 is 87.9 Å². The molecule has 0 bridgehead atoms. The Morgan fingerprint density at radius 1 is 0.731 bits per heavy atom. The minimum atomic E-state index is -1.76. The standard InChI is InChI=1S/C47H56O20/c1-7-8-20-11-19-12-21-31(39(53)30(19)47(57)63-20)33-34(42(56)37(21)51)45(59-6)46-35(41(33)55)40(54)32-24(65-46)9-10-25(38(32)52)64-27-13-22(48)43(17(3)61-27)66-28-14-23(49)44(18(4)62-28)67-29-15-26(58-5)36(50)16(2)60-29/h9-10,12,16-18,20,22-23,26-29,36-37,42-44,48-53,55-56H,7-8,11,13-15H2,1-6H3/t16-,17-,18-,20-,22-,23-,26-,27+,28+,29+,36-,37+,42-,43-,44-/m1/s1. The first-order chi connectivity index (χ1) is 31.9. The molecule has 3 saturated heterocycles. The Bertz CT molecular complexity index is 2590. The average molecular weight is 941 g/mol. The quantitative estimate of drug-likeness (QED) is 0.0835. The normalized spacial score (nSPS) is 34.0. The van der Waals surface area contributed by atoms with E-state index in [9.17, 15) is 50.4 Å². The molecule has 20 nitrogen and oxygen atoms in total. The summed E-state index contributed by atoms with van der Waals surface area (Å²) >= 11 is 0. The van der Waals surface area contributed by atoms with Crippen LogP contribution >= 0.6 is 0 Å². The molecule has 0 spiro atoms. The molecule has 364 valence electrons. The molecule has 5 aliphatic rings. The highest BCUT2D eigenvalue weighted by molar-refractivity contribution is 6.07. The van der Waals surface area contributed by atoms with Crippen molar-refractivity contribution in [2.24, 2.45) is 0 Å². The van der Waals surface area contributed by atoms with E-state index in [1.54, 1.807) is 20.8 Å². The van der Waals surface area contributed by atoms with Crippen molar-refractivity contribution in [2.45, 2.75) is 158 Å². The maximum atomic E-state index is 14.5. The van der Waals surface area contributed by atoms with Crippen molar-refractivity contribution < 1.29 is 92.7 Å². The largest absolute Gasteiger partial charge is 0.506 e. The Morgan fingerprint density at radius 3 is 2.01 bits per heavy atom. The molecular formula is C47H56O20. The lowest BCUT2D eigenvalue weighted by Gasteiger charge is -2.44. The summed E-state index contributed by atoms with van der Waals surface area (Å²) < 4.78 is 58.8. The zero-order valence-corrected chi connectivity index (χ0v) is 37.6. The van der Waals surface area contributed by atoms with Gasteiger partial charge in [-0.3, -0.25) is 4.79 Å². The van der Waals surface area contributed by atoms with Crippen molar-refractivity contribution in [1.82, 2.24) is 0 Å². The van der Waals surface area contributed by atoms with Crippen LogP contribution in [0.25, 0.3) is 33.1 Å². The van der Waals surface area contributed by atoms with Crippen molar-refractivity contribution in [2.75, 3.05) is 14.2 Å². The highest BCUT2D eigenvalue weighted by atomic mass is 16.7. The lowest BCUT2D eigenvalue weighted by Crippen LogP contribution is -2.56. The molecule has 4 aromatic rings. The number of benzene rings is 3. The van der Waals surface area contributed by atoms with Gasteiger partial charge in [0, 0.05) is 49.5 Å². The van der Waals surface area contributed by atoms with Gasteiger partial charge in [-0.25, -0.2) is 4.79 Å². The van der Waals surface area contributed by atoms with Crippen LogP contribution in [0.4, 0.5) is 0 Å². The number of hydrogen-bond acceptors (Lipinski definition) is 20. The lowest BCUT2D eigenvalue weighted by molar-refractivity contribution is -0.331. The summed E-state index contributed by atoms with van der Waals surface area (Å²) in [7, 11) is 2.70. The molecule has 0 saturated carbocycles. The predicted molar refractivity (Wildman–Crippen MR) is 231 cm³/mol. The number of methoxy groups -OCH3 is 2. The van der Waals surface area contributed by atoms with Gasteiger partial charge in [0.25, 0.3) is 0 Å². The summed E-state index contributed by atoms with van der Waals surface area (Å²) in [4.78, 5) is 27.8. The molecule has 67 heavy (non-hydrogen) atoms. The highest BCUT2D eigenvalue weighted by Crippen LogP contribution is 2.58. The van der Waals surface area contributed by atoms with Crippen LogP contribution in [0, 0.1) is 0 Å². The second-order valence-corrected chi connectivity index (χ2v) is 18.0. The van der Waals surface area contributed by atoms with Gasteiger partial charge in [0.2, 0.25) is 11.7 Å². The number of aliphatic hydroxyl groups excluding tert-OH is 5. The molecule has 0 radical (unpaired) electrons. The van der Waals surface area contributed by atoms with Crippen molar-refractivity contribution in [3.05, 3.63) is 50.7 Å². The number of aromatic hydroxyl groups is 3. The third kappa shape index (κ3) is 8.04. The van der Waals surface area contributed by atoms with Crippen LogP contribution in [0.3, 0.4) is 0 Å².